The second-order valence-electron chi connectivity index (χ2n) is 7.34. The second-order valence-corrected chi connectivity index (χ2v) is 7.34. The van der Waals surface area contributed by atoms with Gasteiger partial charge in [0.15, 0.2) is 11.8 Å². The summed E-state index contributed by atoms with van der Waals surface area (Å²) in [6.07, 6.45) is 3.30. The van der Waals surface area contributed by atoms with Crippen LogP contribution in [0.2, 0.25) is 0 Å². The Hall–Kier alpha value is -2.58. The van der Waals surface area contributed by atoms with Crippen LogP contribution in [0.5, 0.6) is 0 Å². The first-order valence-corrected chi connectivity index (χ1v) is 9.29. The van der Waals surface area contributed by atoms with E-state index in [-0.39, 0.29) is 18.0 Å². The molecule has 2 rings (SSSR count). The highest BCUT2D eigenvalue weighted by atomic mass is 16.2. The minimum atomic E-state index is -0.0886. The summed E-state index contributed by atoms with van der Waals surface area (Å²) in [7, 11) is 5.18. The number of nitrogens with one attached hydrogen (secondary N) is 1. The van der Waals surface area contributed by atoms with Gasteiger partial charge in [-0.2, -0.15) is 0 Å². The quantitative estimate of drug-likeness (QED) is 0.555. The molecule has 1 amide bonds. The molecule has 1 aliphatic rings. The molecule has 0 bridgehead atoms. The Morgan fingerprint density at radius 1 is 1.30 bits per heavy atom. The molecule has 1 saturated heterocycles. The van der Waals surface area contributed by atoms with E-state index >= 15 is 0 Å². The van der Waals surface area contributed by atoms with Crippen LogP contribution in [-0.4, -0.2) is 84.6 Å². The summed E-state index contributed by atoms with van der Waals surface area (Å²) in [5.41, 5.74) is -0.0886. The Morgan fingerprint density at radius 3 is 2.56 bits per heavy atom. The zero-order valence-corrected chi connectivity index (χ0v) is 17.0. The maximum atomic E-state index is 12.3. The normalized spacial score (nSPS) is 15.3. The van der Waals surface area contributed by atoms with Crippen LogP contribution in [0.4, 0.5) is 5.82 Å². The number of hydrogen-bond acceptors (Lipinski definition) is 5. The summed E-state index contributed by atoms with van der Waals surface area (Å²) in [5, 5.41) is 3.36. The predicted octanol–water partition coefficient (Wildman–Crippen LogP) is -0.408. The summed E-state index contributed by atoms with van der Waals surface area (Å²) < 4.78 is 1.54. The lowest BCUT2D eigenvalue weighted by atomic mass is 10.2. The second kappa shape index (κ2) is 9.38. The van der Waals surface area contributed by atoms with E-state index in [4.69, 9.17) is 0 Å². The summed E-state index contributed by atoms with van der Waals surface area (Å²) >= 11 is 0. The molecule has 27 heavy (non-hydrogen) atoms. The molecule has 0 unspecified atom stereocenters. The molecule has 0 atom stereocenters. The number of anilines is 1. The molecule has 1 N–H and O–H groups in total. The van der Waals surface area contributed by atoms with Crippen molar-refractivity contribution < 1.29 is 4.79 Å². The third kappa shape index (κ3) is 5.70. The fraction of sp³-hybridized carbons (Fsp3) is 0.667. The van der Waals surface area contributed by atoms with Crippen LogP contribution in [0.25, 0.3) is 0 Å². The van der Waals surface area contributed by atoms with E-state index in [1.807, 2.05) is 4.90 Å². The van der Waals surface area contributed by atoms with Crippen molar-refractivity contribution in [3.05, 3.63) is 22.7 Å². The third-order valence-electron chi connectivity index (χ3n) is 4.41. The zero-order valence-electron chi connectivity index (χ0n) is 17.0. The minimum absolute atomic E-state index is 0.0329. The van der Waals surface area contributed by atoms with E-state index < -0.39 is 0 Å². The van der Waals surface area contributed by atoms with Crippen LogP contribution in [0.3, 0.4) is 0 Å². The molecule has 1 aromatic heterocycles. The molecule has 1 fully saturated rings. The number of carbonyl (C=O) groups excluding carboxylic acids is 1. The summed E-state index contributed by atoms with van der Waals surface area (Å²) in [5.74, 6) is 1.66. The number of hydrogen-bond donors (Lipinski definition) is 1. The molecule has 0 radical (unpaired) electrons. The van der Waals surface area contributed by atoms with E-state index in [0.29, 0.717) is 37.9 Å². The predicted molar refractivity (Wildman–Crippen MR) is 107 cm³/mol. The number of aliphatic imine (C=N–C) groups is 1. The van der Waals surface area contributed by atoms with Crippen molar-refractivity contribution in [3.8, 4) is 0 Å². The number of aromatic nitrogens is 2. The van der Waals surface area contributed by atoms with Crippen molar-refractivity contribution in [3.63, 3.8) is 0 Å². The fourth-order valence-corrected chi connectivity index (χ4v) is 2.68. The first-order valence-electron chi connectivity index (χ1n) is 9.29. The summed E-state index contributed by atoms with van der Waals surface area (Å²) in [4.78, 5) is 38.6. The van der Waals surface area contributed by atoms with Gasteiger partial charge in [0.2, 0.25) is 5.91 Å². The molecular weight excluding hydrogens is 346 g/mol. The van der Waals surface area contributed by atoms with Crippen LogP contribution in [0, 0.1) is 5.92 Å². The monoisotopic (exact) mass is 377 g/mol. The van der Waals surface area contributed by atoms with E-state index in [1.54, 1.807) is 43.0 Å². The van der Waals surface area contributed by atoms with Gasteiger partial charge in [-0.05, 0) is 5.92 Å². The van der Waals surface area contributed by atoms with Crippen LogP contribution in [-0.2, 0) is 11.8 Å². The molecule has 2 heterocycles. The molecule has 9 heteroatoms. The minimum Gasteiger partial charge on any atom is -0.356 e. The number of piperazine rings is 1. The largest absolute Gasteiger partial charge is 0.356 e. The van der Waals surface area contributed by atoms with Gasteiger partial charge in [0.05, 0.1) is 0 Å². The molecule has 1 aliphatic heterocycles. The smallest absolute Gasteiger partial charge is 0.293 e. The molecule has 150 valence electrons. The first kappa shape index (κ1) is 20.7. The Bertz CT molecular complexity index is 719. The number of nitrogens with zero attached hydrogens (tertiary/aromatic N) is 6. The van der Waals surface area contributed by atoms with Crippen LogP contribution in [0.1, 0.15) is 13.8 Å². The highest BCUT2D eigenvalue weighted by Crippen LogP contribution is 2.09. The van der Waals surface area contributed by atoms with Gasteiger partial charge in [0.1, 0.15) is 6.54 Å². The number of likely N-dealkylation sites (N-methyl/N-ethyl adjacent to an activating group) is 1. The van der Waals surface area contributed by atoms with Crippen LogP contribution < -0.4 is 15.8 Å². The van der Waals surface area contributed by atoms with Crippen molar-refractivity contribution in [2.45, 2.75) is 13.8 Å². The molecular formula is C18H31N7O2. The van der Waals surface area contributed by atoms with E-state index in [2.05, 4.69) is 34.0 Å². The van der Waals surface area contributed by atoms with E-state index in [1.165, 1.54) is 0 Å². The molecule has 0 spiro atoms. The lowest BCUT2D eigenvalue weighted by molar-refractivity contribution is -0.127. The SMILES string of the molecule is CC(C)CNC(=NCC(=O)N(C)C)N1CCN(c2nccn(C)c2=O)CC1. The van der Waals surface area contributed by atoms with E-state index in [0.717, 1.165) is 12.5 Å². The lowest BCUT2D eigenvalue weighted by Crippen LogP contribution is -2.54. The first-order chi connectivity index (χ1) is 12.8. The number of rotatable bonds is 5. The molecule has 0 saturated carbocycles. The van der Waals surface area contributed by atoms with Gasteiger partial charge in [0, 0.05) is 66.3 Å². The maximum absolute atomic E-state index is 12.3. The highest BCUT2D eigenvalue weighted by molar-refractivity contribution is 5.85. The van der Waals surface area contributed by atoms with Crippen molar-refractivity contribution >= 4 is 17.7 Å². The van der Waals surface area contributed by atoms with Gasteiger partial charge in [-0.1, -0.05) is 13.8 Å². The van der Waals surface area contributed by atoms with Gasteiger partial charge < -0.3 is 24.6 Å². The maximum Gasteiger partial charge on any atom is 0.293 e. The van der Waals surface area contributed by atoms with Crippen molar-refractivity contribution in [2.24, 2.45) is 18.0 Å². The topological polar surface area (TPSA) is 86.1 Å². The third-order valence-corrected chi connectivity index (χ3v) is 4.41. The van der Waals surface area contributed by atoms with Gasteiger partial charge in [-0.25, -0.2) is 9.98 Å². The number of guanidine groups is 1. The summed E-state index contributed by atoms with van der Waals surface area (Å²) in [6.45, 7) is 7.94. The highest BCUT2D eigenvalue weighted by Gasteiger charge is 2.23. The van der Waals surface area contributed by atoms with Gasteiger partial charge in [-0.15, -0.1) is 0 Å². The van der Waals surface area contributed by atoms with Gasteiger partial charge >= 0.3 is 0 Å². The fourth-order valence-electron chi connectivity index (χ4n) is 2.68. The van der Waals surface area contributed by atoms with E-state index in [9.17, 15) is 9.59 Å². The van der Waals surface area contributed by atoms with Gasteiger partial charge in [0.25, 0.3) is 5.56 Å². The number of amides is 1. The van der Waals surface area contributed by atoms with Crippen molar-refractivity contribution in [2.75, 3.05) is 58.3 Å². The van der Waals surface area contributed by atoms with Crippen molar-refractivity contribution in [1.82, 2.24) is 24.7 Å². The average molecular weight is 377 g/mol. The van der Waals surface area contributed by atoms with Crippen LogP contribution in [0.15, 0.2) is 22.2 Å². The lowest BCUT2D eigenvalue weighted by Gasteiger charge is -2.37. The van der Waals surface area contributed by atoms with Crippen LogP contribution >= 0.6 is 0 Å². The average Bonchev–Trinajstić information content (AvgIpc) is 2.64. The Labute approximate surface area is 160 Å². The van der Waals surface area contributed by atoms with Gasteiger partial charge in [-0.3, -0.25) is 9.59 Å². The Kier molecular flexibility index (Phi) is 7.20. The summed E-state index contributed by atoms with van der Waals surface area (Å²) in [6, 6.07) is 0. The molecule has 0 aromatic carbocycles. The van der Waals surface area contributed by atoms with Crippen molar-refractivity contribution in [1.29, 1.82) is 0 Å². The number of aryl methyl sites for hydroxylation is 1. The standard InChI is InChI=1S/C18H31N7O2/c1-14(2)12-20-18(21-13-15(26)22(3)4)25-10-8-24(9-11-25)16-17(27)23(5)7-6-19-16/h6-7,14H,8-13H2,1-5H3,(H,20,21). The Balaban J connectivity index is 2.05. The molecule has 0 aliphatic carbocycles. The zero-order chi connectivity index (χ0) is 20.0. The number of carbonyl (C=O) groups is 1. The Morgan fingerprint density at radius 2 is 1.96 bits per heavy atom. The molecule has 1 aromatic rings. The molecule has 9 nitrogen and oxygen atoms in total.